The van der Waals surface area contributed by atoms with Gasteiger partial charge in [-0.3, -0.25) is 4.90 Å². The standard InChI is InChI=1S/C14H18F2N4O/c15-10-2-3-11-13(12(10)16)20(14(17)18-11)5-1-4-19-6-8-21-9-7-19/h2-3H,1,4-9H2,(H2,17,18). The van der Waals surface area contributed by atoms with Gasteiger partial charge in [-0.15, -0.1) is 0 Å². The van der Waals surface area contributed by atoms with Crippen LogP contribution in [0.3, 0.4) is 0 Å². The van der Waals surface area contributed by atoms with Gasteiger partial charge in [-0.1, -0.05) is 0 Å². The highest BCUT2D eigenvalue weighted by atomic mass is 19.2. The zero-order chi connectivity index (χ0) is 14.8. The van der Waals surface area contributed by atoms with Crippen molar-refractivity contribution in [2.45, 2.75) is 13.0 Å². The molecule has 2 heterocycles. The maximum absolute atomic E-state index is 13.9. The first-order chi connectivity index (χ1) is 10.2. The highest BCUT2D eigenvalue weighted by molar-refractivity contribution is 5.79. The molecular weight excluding hydrogens is 278 g/mol. The second-order valence-electron chi connectivity index (χ2n) is 5.16. The van der Waals surface area contributed by atoms with Gasteiger partial charge in [0.25, 0.3) is 0 Å². The Morgan fingerprint density at radius 2 is 1.95 bits per heavy atom. The number of aromatic nitrogens is 2. The van der Waals surface area contributed by atoms with Crippen molar-refractivity contribution in [3.8, 4) is 0 Å². The van der Waals surface area contributed by atoms with Gasteiger partial charge in [-0.2, -0.15) is 0 Å². The van der Waals surface area contributed by atoms with Gasteiger partial charge in [-0.05, 0) is 18.6 Å². The molecule has 1 fully saturated rings. The second-order valence-corrected chi connectivity index (χ2v) is 5.16. The minimum absolute atomic E-state index is 0.148. The Morgan fingerprint density at radius 3 is 2.71 bits per heavy atom. The molecule has 1 aromatic heterocycles. The number of hydrogen-bond donors (Lipinski definition) is 1. The molecule has 0 saturated carbocycles. The van der Waals surface area contributed by atoms with Crippen LogP contribution in [-0.2, 0) is 11.3 Å². The van der Waals surface area contributed by atoms with E-state index in [0.717, 1.165) is 45.3 Å². The molecule has 1 aromatic carbocycles. The fourth-order valence-corrected chi connectivity index (χ4v) is 2.68. The molecule has 3 rings (SSSR count). The second kappa shape index (κ2) is 5.95. The number of imidazole rings is 1. The van der Waals surface area contributed by atoms with Gasteiger partial charge >= 0.3 is 0 Å². The lowest BCUT2D eigenvalue weighted by Crippen LogP contribution is -2.37. The van der Waals surface area contributed by atoms with E-state index in [9.17, 15) is 8.78 Å². The molecule has 0 bridgehead atoms. The van der Waals surface area contributed by atoms with Crippen LogP contribution in [0.4, 0.5) is 14.7 Å². The number of halogens is 2. The SMILES string of the molecule is Nc1nc2ccc(F)c(F)c2n1CCCN1CCOCC1. The molecular formula is C14H18F2N4O. The molecule has 2 aromatic rings. The Morgan fingerprint density at radius 1 is 1.19 bits per heavy atom. The fraction of sp³-hybridized carbons (Fsp3) is 0.500. The first kappa shape index (κ1) is 14.2. The highest BCUT2D eigenvalue weighted by Gasteiger charge is 2.16. The molecule has 2 N–H and O–H groups in total. The maximum atomic E-state index is 13.9. The number of aryl methyl sites for hydroxylation is 1. The summed E-state index contributed by atoms with van der Waals surface area (Å²) in [6.07, 6.45) is 0.797. The summed E-state index contributed by atoms with van der Waals surface area (Å²) in [4.78, 5) is 6.37. The lowest BCUT2D eigenvalue weighted by atomic mass is 10.2. The fourth-order valence-electron chi connectivity index (χ4n) is 2.68. The van der Waals surface area contributed by atoms with Crippen LogP contribution in [0.25, 0.3) is 11.0 Å². The third-order valence-electron chi connectivity index (χ3n) is 3.79. The average Bonchev–Trinajstić information content (AvgIpc) is 2.81. The third-order valence-corrected chi connectivity index (χ3v) is 3.79. The van der Waals surface area contributed by atoms with E-state index < -0.39 is 11.6 Å². The van der Waals surface area contributed by atoms with Crippen molar-refractivity contribution >= 4 is 17.0 Å². The van der Waals surface area contributed by atoms with Gasteiger partial charge in [0, 0.05) is 26.2 Å². The molecule has 7 heteroatoms. The Labute approximate surface area is 121 Å². The van der Waals surface area contributed by atoms with Gasteiger partial charge in [-0.25, -0.2) is 13.8 Å². The number of nitrogens with zero attached hydrogens (tertiary/aromatic N) is 3. The summed E-state index contributed by atoms with van der Waals surface area (Å²) in [5.74, 6) is -1.55. The molecule has 0 aliphatic carbocycles. The van der Waals surface area contributed by atoms with Crippen molar-refractivity contribution in [3.05, 3.63) is 23.8 Å². The molecule has 0 amide bonds. The normalized spacial score (nSPS) is 16.7. The van der Waals surface area contributed by atoms with Crippen molar-refractivity contribution in [1.82, 2.24) is 14.5 Å². The lowest BCUT2D eigenvalue weighted by molar-refractivity contribution is 0.0370. The minimum atomic E-state index is -0.886. The molecule has 0 atom stereocenters. The highest BCUT2D eigenvalue weighted by Crippen LogP contribution is 2.23. The van der Waals surface area contributed by atoms with Crippen molar-refractivity contribution < 1.29 is 13.5 Å². The van der Waals surface area contributed by atoms with Crippen LogP contribution < -0.4 is 5.73 Å². The largest absolute Gasteiger partial charge is 0.379 e. The quantitative estimate of drug-likeness (QED) is 0.931. The minimum Gasteiger partial charge on any atom is -0.379 e. The molecule has 1 aliphatic rings. The molecule has 114 valence electrons. The Bertz CT molecular complexity index is 637. The van der Waals surface area contributed by atoms with Crippen LogP contribution in [0, 0.1) is 11.6 Å². The van der Waals surface area contributed by atoms with E-state index in [1.165, 1.54) is 6.07 Å². The lowest BCUT2D eigenvalue weighted by Gasteiger charge is -2.26. The van der Waals surface area contributed by atoms with Gasteiger partial charge in [0.1, 0.15) is 5.52 Å². The van der Waals surface area contributed by atoms with Crippen LogP contribution in [0.5, 0.6) is 0 Å². The summed E-state index contributed by atoms with van der Waals surface area (Å²) in [7, 11) is 0. The van der Waals surface area contributed by atoms with Crippen LogP contribution >= 0.6 is 0 Å². The Balaban J connectivity index is 1.74. The molecule has 1 saturated heterocycles. The molecule has 5 nitrogen and oxygen atoms in total. The molecule has 1 aliphatic heterocycles. The number of nitrogen functional groups attached to an aromatic ring is 1. The smallest absolute Gasteiger partial charge is 0.201 e. The summed E-state index contributed by atoms with van der Waals surface area (Å²) in [6, 6.07) is 2.52. The predicted octanol–water partition coefficient (Wildman–Crippen LogP) is 1.62. The topological polar surface area (TPSA) is 56.3 Å². The number of fused-ring (bicyclic) bond motifs is 1. The maximum Gasteiger partial charge on any atom is 0.201 e. The Kier molecular flexibility index (Phi) is 4.03. The molecule has 0 radical (unpaired) electrons. The summed E-state index contributed by atoms with van der Waals surface area (Å²) in [5.41, 5.74) is 6.36. The monoisotopic (exact) mass is 296 g/mol. The first-order valence-corrected chi connectivity index (χ1v) is 7.06. The van der Waals surface area contributed by atoms with Crippen molar-refractivity contribution in [2.24, 2.45) is 0 Å². The van der Waals surface area contributed by atoms with E-state index in [2.05, 4.69) is 9.88 Å². The van der Waals surface area contributed by atoms with Gasteiger partial charge < -0.3 is 15.0 Å². The zero-order valence-electron chi connectivity index (χ0n) is 11.7. The number of nitrogens with two attached hydrogens (primary N) is 1. The summed E-state index contributed by atoms with van der Waals surface area (Å²) in [5, 5.41) is 0. The van der Waals surface area contributed by atoms with E-state index in [4.69, 9.17) is 10.5 Å². The zero-order valence-corrected chi connectivity index (χ0v) is 11.7. The molecule has 0 spiro atoms. The van der Waals surface area contributed by atoms with Crippen molar-refractivity contribution in [3.63, 3.8) is 0 Å². The van der Waals surface area contributed by atoms with Crippen LogP contribution in [0.15, 0.2) is 12.1 Å². The molecule has 21 heavy (non-hydrogen) atoms. The number of benzene rings is 1. The van der Waals surface area contributed by atoms with Crippen molar-refractivity contribution in [2.75, 3.05) is 38.6 Å². The van der Waals surface area contributed by atoms with Gasteiger partial charge in [0.05, 0.1) is 18.7 Å². The third kappa shape index (κ3) is 2.84. The van der Waals surface area contributed by atoms with Crippen molar-refractivity contribution in [1.29, 1.82) is 0 Å². The van der Waals surface area contributed by atoms with E-state index >= 15 is 0 Å². The van der Waals surface area contributed by atoms with E-state index in [0.29, 0.717) is 12.1 Å². The average molecular weight is 296 g/mol. The van der Waals surface area contributed by atoms with Gasteiger partial charge in [0.2, 0.25) is 5.95 Å². The number of rotatable bonds is 4. The summed E-state index contributed by atoms with van der Waals surface area (Å²) in [6.45, 7) is 4.69. The van der Waals surface area contributed by atoms with E-state index in [-0.39, 0.29) is 11.5 Å². The van der Waals surface area contributed by atoms with Crippen LogP contribution in [0.2, 0.25) is 0 Å². The van der Waals surface area contributed by atoms with Gasteiger partial charge in [0.15, 0.2) is 11.6 Å². The number of hydrogen-bond acceptors (Lipinski definition) is 4. The molecule has 0 unspecified atom stereocenters. The predicted molar refractivity (Wildman–Crippen MR) is 75.9 cm³/mol. The first-order valence-electron chi connectivity index (χ1n) is 7.06. The number of anilines is 1. The van der Waals surface area contributed by atoms with E-state index in [1.54, 1.807) is 4.57 Å². The summed E-state index contributed by atoms with van der Waals surface area (Å²) >= 11 is 0. The Hall–Kier alpha value is -1.73. The van der Waals surface area contributed by atoms with E-state index in [1.807, 2.05) is 0 Å². The summed E-state index contributed by atoms with van der Waals surface area (Å²) < 4.78 is 34.1. The van der Waals surface area contributed by atoms with Crippen LogP contribution in [-0.4, -0.2) is 47.3 Å². The number of ether oxygens (including phenoxy) is 1. The van der Waals surface area contributed by atoms with Crippen LogP contribution in [0.1, 0.15) is 6.42 Å². The number of morpholine rings is 1.